The molecule has 0 bridgehead atoms. The zero-order valence-corrected chi connectivity index (χ0v) is 24.7. The van der Waals surface area contributed by atoms with E-state index in [2.05, 4.69) is 21.2 Å². The van der Waals surface area contributed by atoms with Crippen LogP contribution in [0, 0.1) is 5.92 Å². The van der Waals surface area contributed by atoms with Gasteiger partial charge in [0.15, 0.2) is 11.6 Å². The molecule has 0 aliphatic carbocycles. The molecule has 0 unspecified atom stereocenters. The number of benzene rings is 4. The number of methoxy groups -OCH3 is 1. The summed E-state index contributed by atoms with van der Waals surface area (Å²) >= 11 is 9.82. The van der Waals surface area contributed by atoms with Gasteiger partial charge < -0.3 is 15.0 Å². The molecule has 42 heavy (non-hydrogen) atoms. The third-order valence-corrected chi connectivity index (χ3v) is 9.41. The van der Waals surface area contributed by atoms with E-state index < -0.39 is 23.4 Å². The lowest BCUT2D eigenvalue weighted by Gasteiger charge is -2.37. The largest absolute Gasteiger partial charge is 0.497 e. The highest BCUT2D eigenvalue weighted by atomic mass is 79.9. The summed E-state index contributed by atoms with van der Waals surface area (Å²) in [5.41, 5.74) is 2.36. The highest BCUT2D eigenvalue weighted by Crippen LogP contribution is 2.58. The van der Waals surface area contributed by atoms with Crippen molar-refractivity contribution in [3.8, 4) is 5.75 Å². The van der Waals surface area contributed by atoms with Crippen LogP contribution in [0.25, 0.3) is 6.08 Å². The number of carbonyl (C=O) groups is 3. The van der Waals surface area contributed by atoms with Crippen molar-refractivity contribution in [2.75, 3.05) is 17.3 Å². The van der Waals surface area contributed by atoms with Gasteiger partial charge in [0.2, 0.25) is 5.91 Å². The van der Waals surface area contributed by atoms with Crippen molar-refractivity contribution in [1.29, 1.82) is 0 Å². The Kier molecular flexibility index (Phi) is 6.33. The Balaban J connectivity index is 1.52. The lowest BCUT2D eigenvalue weighted by atomic mass is 9.64. The van der Waals surface area contributed by atoms with E-state index >= 15 is 0 Å². The van der Waals surface area contributed by atoms with E-state index in [0.29, 0.717) is 33.1 Å². The van der Waals surface area contributed by atoms with Crippen molar-refractivity contribution in [1.82, 2.24) is 0 Å². The summed E-state index contributed by atoms with van der Waals surface area (Å²) in [5, 5.41) is 3.60. The van der Waals surface area contributed by atoms with Gasteiger partial charge in [-0.15, -0.1) is 0 Å². The van der Waals surface area contributed by atoms with Crippen LogP contribution in [0.1, 0.15) is 31.8 Å². The predicted molar refractivity (Wildman–Crippen MR) is 167 cm³/mol. The fraction of sp³-hybridized carbons (Fsp3) is 0.147. The van der Waals surface area contributed by atoms with Gasteiger partial charge in [0, 0.05) is 32.0 Å². The molecule has 8 heteroatoms. The molecule has 3 heterocycles. The number of nitrogens with zero attached hydrogens (tertiary/aromatic N) is 1. The summed E-state index contributed by atoms with van der Waals surface area (Å²) in [6.07, 6.45) is 3.86. The standard InChI is InChI=1S/C34H24BrClN2O4/c1-42-24-14-8-19(9-15-24)31(39)29-30(32(40)20-6-11-22(35)12-7-20)38-27-16-13-23(36)18-21(27)10-17-28(38)34(29)25-4-2-3-5-26(25)37-33(34)41/h2-18,28-30H,1H3,(H,37,41)/t28-,29+,30+,34+/m1/s1. The minimum absolute atomic E-state index is 0.246. The second-order valence-corrected chi connectivity index (χ2v) is 12.0. The third-order valence-electron chi connectivity index (χ3n) is 8.65. The molecule has 208 valence electrons. The maximum Gasteiger partial charge on any atom is 0.238 e. The first-order valence-electron chi connectivity index (χ1n) is 13.5. The van der Waals surface area contributed by atoms with Crippen LogP contribution in [-0.2, 0) is 10.2 Å². The number of Topliss-reactive ketones (excluding diaryl/α,β-unsaturated/α-hetero) is 2. The van der Waals surface area contributed by atoms with E-state index in [4.69, 9.17) is 16.3 Å². The van der Waals surface area contributed by atoms with E-state index in [-0.39, 0.29) is 17.5 Å². The molecule has 3 aliphatic heterocycles. The quantitative estimate of drug-likeness (QED) is 0.239. The average Bonchev–Trinajstić information content (AvgIpc) is 3.49. The first-order chi connectivity index (χ1) is 20.3. The summed E-state index contributed by atoms with van der Waals surface area (Å²) in [6.45, 7) is 0. The molecule has 1 amide bonds. The van der Waals surface area contributed by atoms with Gasteiger partial charge in [-0.05, 0) is 71.8 Å². The van der Waals surface area contributed by atoms with E-state index in [9.17, 15) is 14.4 Å². The Morgan fingerprint density at radius 1 is 0.929 bits per heavy atom. The molecule has 4 atom stereocenters. The summed E-state index contributed by atoms with van der Waals surface area (Å²) in [7, 11) is 1.56. The Hall–Kier alpha value is -4.20. The third kappa shape index (κ3) is 3.80. The van der Waals surface area contributed by atoms with Gasteiger partial charge in [-0.25, -0.2) is 0 Å². The molecular formula is C34H24BrClN2O4. The second-order valence-electron chi connectivity index (χ2n) is 10.7. The maximum atomic E-state index is 14.8. The number of ketones is 2. The minimum atomic E-state index is -1.38. The van der Waals surface area contributed by atoms with Gasteiger partial charge in [-0.2, -0.15) is 0 Å². The van der Waals surface area contributed by atoms with E-state index in [0.717, 1.165) is 15.7 Å². The zero-order valence-electron chi connectivity index (χ0n) is 22.4. The monoisotopic (exact) mass is 638 g/mol. The first-order valence-corrected chi connectivity index (χ1v) is 14.7. The number of nitrogens with one attached hydrogen (secondary N) is 1. The molecule has 1 spiro atoms. The van der Waals surface area contributed by atoms with E-state index in [1.54, 1.807) is 61.7 Å². The molecular weight excluding hydrogens is 616 g/mol. The Morgan fingerprint density at radius 3 is 2.36 bits per heavy atom. The highest BCUT2D eigenvalue weighted by molar-refractivity contribution is 9.10. The van der Waals surface area contributed by atoms with Gasteiger partial charge in [0.25, 0.3) is 0 Å². The van der Waals surface area contributed by atoms with Crippen molar-refractivity contribution in [2.24, 2.45) is 5.92 Å². The van der Waals surface area contributed by atoms with Crippen LogP contribution in [0.15, 0.2) is 102 Å². The summed E-state index contributed by atoms with van der Waals surface area (Å²) in [6, 6.07) is 25.2. The number of amides is 1. The van der Waals surface area contributed by atoms with E-state index in [1.165, 1.54) is 0 Å². The van der Waals surface area contributed by atoms with Gasteiger partial charge >= 0.3 is 0 Å². The number of ether oxygens (including phenoxy) is 1. The van der Waals surface area contributed by atoms with Crippen LogP contribution in [0.4, 0.5) is 11.4 Å². The molecule has 1 N–H and O–H groups in total. The molecule has 0 radical (unpaired) electrons. The summed E-state index contributed by atoms with van der Waals surface area (Å²) < 4.78 is 6.15. The minimum Gasteiger partial charge on any atom is -0.497 e. The molecule has 1 fully saturated rings. The molecule has 4 aromatic rings. The molecule has 0 saturated carbocycles. The fourth-order valence-electron chi connectivity index (χ4n) is 6.87. The van der Waals surface area contributed by atoms with Crippen molar-refractivity contribution in [3.05, 3.63) is 129 Å². The second kappa shape index (κ2) is 9.96. The first kappa shape index (κ1) is 26.7. The molecule has 3 aliphatic rings. The number of anilines is 2. The van der Waals surface area contributed by atoms with Crippen LogP contribution in [-0.4, -0.2) is 36.7 Å². The van der Waals surface area contributed by atoms with Crippen molar-refractivity contribution < 1.29 is 19.1 Å². The van der Waals surface area contributed by atoms with Crippen molar-refractivity contribution in [3.63, 3.8) is 0 Å². The highest BCUT2D eigenvalue weighted by Gasteiger charge is 2.70. The van der Waals surface area contributed by atoms with Gasteiger partial charge in [0.05, 0.1) is 19.1 Å². The molecule has 6 nitrogen and oxygen atoms in total. The Labute approximate surface area is 256 Å². The maximum absolute atomic E-state index is 14.8. The topological polar surface area (TPSA) is 75.7 Å². The molecule has 1 saturated heterocycles. The number of fused-ring (bicyclic) bond motifs is 6. The molecule has 7 rings (SSSR count). The molecule has 4 aromatic carbocycles. The zero-order chi connectivity index (χ0) is 29.2. The van der Waals surface area contributed by atoms with Crippen LogP contribution < -0.4 is 15.0 Å². The summed E-state index contributed by atoms with van der Waals surface area (Å²) in [4.78, 5) is 45.9. The van der Waals surface area contributed by atoms with Crippen LogP contribution in [0.5, 0.6) is 5.75 Å². The Morgan fingerprint density at radius 2 is 1.62 bits per heavy atom. The van der Waals surface area contributed by atoms with Crippen LogP contribution in [0.3, 0.4) is 0 Å². The fourth-order valence-corrected chi connectivity index (χ4v) is 7.31. The van der Waals surface area contributed by atoms with Gasteiger partial charge in [0.1, 0.15) is 17.2 Å². The van der Waals surface area contributed by atoms with Crippen molar-refractivity contribution >= 4 is 62.5 Å². The summed E-state index contributed by atoms with van der Waals surface area (Å²) in [5.74, 6) is -1.30. The number of para-hydroxylation sites is 1. The smallest absolute Gasteiger partial charge is 0.238 e. The van der Waals surface area contributed by atoms with E-state index in [1.807, 2.05) is 53.5 Å². The number of carbonyl (C=O) groups excluding carboxylic acids is 3. The van der Waals surface area contributed by atoms with Crippen LogP contribution in [0.2, 0.25) is 5.02 Å². The Bertz CT molecular complexity index is 1800. The normalized spacial score (nSPS) is 23.3. The number of hydrogen-bond acceptors (Lipinski definition) is 5. The number of halogens is 2. The molecule has 0 aromatic heterocycles. The SMILES string of the molecule is COc1ccc(C(=O)[C@@H]2[C@@H](C(=O)c3ccc(Br)cc3)N3c4ccc(Cl)cc4C=C[C@@H]3[C@]23C(=O)Nc2ccccc23)cc1. The predicted octanol–water partition coefficient (Wildman–Crippen LogP) is 6.97. The number of hydrogen-bond donors (Lipinski definition) is 1. The number of rotatable bonds is 5. The average molecular weight is 640 g/mol. The lowest BCUT2D eigenvalue weighted by molar-refractivity contribution is -0.121. The van der Waals surface area contributed by atoms with Crippen molar-refractivity contribution in [2.45, 2.75) is 17.5 Å². The lowest BCUT2D eigenvalue weighted by Crippen LogP contribution is -2.51. The van der Waals surface area contributed by atoms with Gasteiger partial charge in [-0.3, -0.25) is 14.4 Å². The van der Waals surface area contributed by atoms with Gasteiger partial charge in [-0.1, -0.05) is 70.0 Å². The van der Waals surface area contributed by atoms with Crippen LogP contribution >= 0.6 is 27.5 Å².